The number of aliphatic carboxylic acids is 1. The van der Waals surface area contributed by atoms with Crippen LogP contribution in [0.4, 0.5) is 0 Å². The van der Waals surface area contributed by atoms with Gasteiger partial charge in [-0.2, -0.15) is 0 Å². The van der Waals surface area contributed by atoms with Gasteiger partial charge in [0.05, 0.1) is 0 Å². The Morgan fingerprint density at radius 1 is 1.35 bits per heavy atom. The molecule has 1 aliphatic rings. The molecule has 2 heterocycles. The fourth-order valence-electron chi connectivity index (χ4n) is 2.68. The zero-order valence-electron chi connectivity index (χ0n) is 11.1. The van der Waals surface area contributed by atoms with Crippen molar-refractivity contribution in [1.82, 2.24) is 4.90 Å². The lowest BCUT2D eigenvalue weighted by Crippen LogP contribution is -2.40. The normalized spacial score (nSPS) is 18.6. The number of nitrogens with zero attached hydrogens (tertiary/aromatic N) is 1. The van der Waals surface area contributed by atoms with Gasteiger partial charge < -0.3 is 14.4 Å². The third kappa shape index (κ3) is 2.05. The van der Waals surface area contributed by atoms with Crippen molar-refractivity contribution in [2.45, 2.75) is 25.8 Å². The van der Waals surface area contributed by atoms with Gasteiger partial charge in [0.25, 0.3) is 5.91 Å². The summed E-state index contributed by atoms with van der Waals surface area (Å²) in [7, 11) is 0. The van der Waals surface area contributed by atoms with Crippen molar-refractivity contribution < 1.29 is 19.1 Å². The fraction of sp³-hybridized carbons (Fsp3) is 0.333. The molecule has 1 saturated heterocycles. The average molecular weight is 273 g/mol. The Bertz CT molecular complexity index is 688. The number of hydrogen-bond acceptors (Lipinski definition) is 3. The number of carboxylic acids is 1. The van der Waals surface area contributed by atoms with Gasteiger partial charge in [-0.25, -0.2) is 4.79 Å². The Balaban J connectivity index is 1.94. The third-order valence-corrected chi connectivity index (χ3v) is 3.68. The Hall–Kier alpha value is -2.30. The van der Waals surface area contributed by atoms with Crippen LogP contribution >= 0.6 is 0 Å². The number of hydrogen-bond donors (Lipinski definition) is 1. The second-order valence-corrected chi connectivity index (χ2v) is 5.15. The molecule has 1 aliphatic heterocycles. The van der Waals surface area contributed by atoms with E-state index in [1.807, 2.05) is 25.1 Å². The molecular formula is C15H15NO4. The van der Waals surface area contributed by atoms with E-state index in [2.05, 4.69) is 0 Å². The first-order valence-electron chi connectivity index (χ1n) is 6.60. The van der Waals surface area contributed by atoms with Crippen LogP contribution in [0.2, 0.25) is 0 Å². The van der Waals surface area contributed by atoms with Gasteiger partial charge >= 0.3 is 5.97 Å². The number of carbonyl (C=O) groups is 2. The molecule has 3 rings (SSSR count). The minimum absolute atomic E-state index is 0.207. The van der Waals surface area contributed by atoms with E-state index in [0.29, 0.717) is 25.0 Å². The quantitative estimate of drug-likeness (QED) is 0.912. The molecule has 1 aromatic heterocycles. The van der Waals surface area contributed by atoms with E-state index in [1.54, 1.807) is 6.07 Å². The van der Waals surface area contributed by atoms with Gasteiger partial charge in [0, 0.05) is 11.9 Å². The van der Waals surface area contributed by atoms with Gasteiger partial charge in [0.15, 0.2) is 5.76 Å². The molecule has 2 aromatic rings. The molecule has 0 saturated carbocycles. The third-order valence-electron chi connectivity index (χ3n) is 3.68. The Kier molecular flexibility index (Phi) is 2.97. The number of amides is 1. The van der Waals surface area contributed by atoms with E-state index >= 15 is 0 Å². The number of fused-ring (bicyclic) bond motifs is 1. The van der Waals surface area contributed by atoms with Crippen LogP contribution in [0.5, 0.6) is 0 Å². The van der Waals surface area contributed by atoms with Gasteiger partial charge in [-0.3, -0.25) is 4.79 Å². The molecule has 0 aliphatic carbocycles. The van der Waals surface area contributed by atoms with Crippen molar-refractivity contribution in [1.29, 1.82) is 0 Å². The van der Waals surface area contributed by atoms with Crippen LogP contribution in [0.15, 0.2) is 28.7 Å². The molecule has 1 unspecified atom stereocenters. The molecule has 0 spiro atoms. The minimum Gasteiger partial charge on any atom is -0.480 e. The van der Waals surface area contributed by atoms with Crippen LogP contribution in [0.1, 0.15) is 29.0 Å². The van der Waals surface area contributed by atoms with Gasteiger partial charge in [-0.1, -0.05) is 11.6 Å². The van der Waals surface area contributed by atoms with Crippen LogP contribution in [-0.2, 0) is 4.79 Å². The number of furan rings is 1. The predicted octanol–water partition coefficient (Wildman–Crippen LogP) is 2.43. The number of carbonyl (C=O) groups excluding carboxylic acids is 1. The maximum absolute atomic E-state index is 12.4. The Labute approximate surface area is 115 Å². The summed E-state index contributed by atoms with van der Waals surface area (Å²) in [5, 5.41) is 9.99. The summed E-state index contributed by atoms with van der Waals surface area (Å²) in [4.78, 5) is 24.9. The fourth-order valence-corrected chi connectivity index (χ4v) is 2.68. The molecule has 0 radical (unpaired) electrons. The van der Waals surface area contributed by atoms with E-state index < -0.39 is 12.0 Å². The molecule has 20 heavy (non-hydrogen) atoms. The summed E-state index contributed by atoms with van der Waals surface area (Å²) in [5.74, 6) is -1.09. The maximum Gasteiger partial charge on any atom is 0.326 e. The topological polar surface area (TPSA) is 70.8 Å². The van der Waals surface area contributed by atoms with Crippen molar-refractivity contribution in [3.05, 3.63) is 35.6 Å². The summed E-state index contributed by atoms with van der Waals surface area (Å²) < 4.78 is 5.54. The number of carboxylic acid groups (broad SMARTS) is 1. The second-order valence-electron chi connectivity index (χ2n) is 5.15. The smallest absolute Gasteiger partial charge is 0.326 e. The van der Waals surface area contributed by atoms with E-state index in [1.165, 1.54) is 4.90 Å². The number of benzene rings is 1. The van der Waals surface area contributed by atoms with Crippen LogP contribution in [0.25, 0.3) is 11.0 Å². The average Bonchev–Trinajstić information content (AvgIpc) is 3.03. The first kappa shape index (κ1) is 12.7. The zero-order valence-corrected chi connectivity index (χ0v) is 11.1. The van der Waals surface area contributed by atoms with Crippen molar-refractivity contribution >= 4 is 22.8 Å². The van der Waals surface area contributed by atoms with Crippen LogP contribution in [0.3, 0.4) is 0 Å². The molecule has 0 bridgehead atoms. The lowest BCUT2D eigenvalue weighted by Gasteiger charge is -2.19. The second kappa shape index (κ2) is 4.67. The van der Waals surface area contributed by atoms with Gasteiger partial charge in [0.1, 0.15) is 11.6 Å². The molecule has 104 valence electrons. The summed E-state index contributed by atoms with van der Waals surface area (Å²) in [5.41, 5.74) is 1.73. The predicted molar refractivity (Wildman–Crippen MR) is 72.6 cm³/mol. The number of likely N-dealkylation sites (tertiary alicyclic amines) is 1. The first-order chi connectivity index (χ1) is 9.56. The highest BCUT2D eigenvalue weighted by molar-refractivity contribution is 5.98. The van der Waals surface area contributed by atoms with Crippen molar-refractivity contribution in [2.75, 3.05) is 6.54 Å². The Morgan fingerprint density at radius 3 is 2.90 bits per heavy atom. The SMILES string of the molecule is Cc1ccc2oc(C(=O)N3CCCC3C(=O)O)cc2c1. The minimum atomic E-state index is -0.956. The highest BCUT2D eigenvalue weighted by atomic mass is 16.4. The molecular weight excluding hydrogens is 258 g/mol. The van der Waals surface area contributed by atoms with Gasteiger partial charge in [0.2, 0.25) is 0 Å². The summed E-state index contributed by atoms with van der Waals surface area (Å²) in [6.07, 6.45) is 1.21. The van der Waals surface area contributed by atoms with Crippen LogP contribution < -0.4 is 0 Å². The van der Waals surface area contributed by atoms with Crippen molar-refractivity contribution in [3.8, 4) is 0 Å². The molecule has 1 N–H and O–H groups in total. The lowest BCUT2D eigenvalue weighted by atomic mass is 10.2. The van der Waals surface area contributed by atoms with Gasteiger partial charge in [-0.15, -0.1) is 0 Å². The summed E-state index contributed by atoms with van der Waals surface area (Å²) in [6.45, 7) is 2.43. The van der Waals surface area contributed by atoms with E-state index in [4.69, 9.17) is 9.52 Å². The van der Waals surface area contributed by atoms with Crippen LogP contribution in [0, 0.1) is 6.92 Å². The highest BCUT2D eigenvalue weighted by Gasteiger charge is 2.35. The monoisotopic (exact) mass is 273 g/mol. The van der Waals surface area contributed by atoms with E-state index in [-0.39, 0.29) is 11.7 Å². The first-order valence-corrected chi connectivity index (χ1v) is 6.60. The van der Waals surface area contributed by atoms with Crippen LogP contribution in [-0.4, -0.2) is 34.5 Å². The van der Waals surface area contributed by atoms with Crippen molar-refractivity contribution in [2.24, 2.45) is 0 Å². The standard InChI is InChI=1S/C15H15NO4/c1-9-4-5-12-10(7-9)8-13(20-12)14(17)16-6-2-3-11(16)15(18)19/h4-5,7-8,11H,2-3,6H2,1H3,(H,18,19). The lowest BCUT2D eigenvalue weighted by molar-refractivity contribution is -0.141. The maximum atomic E-state index is 12.4. The van der Waals surface area contributed by atoms with Crippen molar-refractivity contribution in [3.63, 3.8) is 0 Å². The molecule has 1 amide bonds. The Morgan fingerprint density at radius 2 is 2.15 bits per heavy atom. The number of aryl methyl sites for hydroxylation is 1. The summed E-state index contributed by atoms with van der Waals surface area (Å²) >= 11 is 0. The largest absolute Gasteiger partial charge is 0.480 e. The van der Waals surface area contributed by atoms with E-state index in [9.17, 15) is 9.59 Å². The highest BCUT2D eigenvalue weighted by Crippen LogP contribution is 2.25. The number of rotatable bonds is 2. The summed E-state index contributed by atoms with van der Waals surface area (Å²) in [6, 6.07) is 6.61. The molecule has 1 fully saturated rings. The van der Waals surface area contributed by atoms with E-state index in [0.717, 1.165) is 10.9 Å². The zero-order chi connectivity index (χ0) is 14.3. The molecule has 1 atom stereocenters. The molecule has 5 nitrogen and oxygen atoms in total. The van der Waals surface area contributed by atoms with Gasteiger partial charge in [-0.05, 0) is 38.0 Å². The molecule has 5 heteroatoms. The molecule has 1 aromatic carbocycles.